The predicted molar refractivity (Wildman–Crippen MR) is 93.2 cm³/mol. The van der Waals surface area contributed by atoms with Gasteiger partial charge in [0.05, 0.1) is 17.6 Å². The Bertz CT molecular complexity index is 810. The Kier molecular flexibility index (Phi) is 4.04. The largest absolute Gasteiger partial charge is 0.370 e. The van der Waals surface area contributed by atoms with Crippen LogP contribution in [0.4, 0.5) is 11.6 Å². The number of fused-ring (bicyclic) bond motifs is 1. The van der Waals surface area contributed by atoms with Crippen LogP contribution in [-0.2, 0) is 14.3 Å². The number of likely N-dealkylation sites (tertiary alicyclic amines) is 1. The van der Waals surface area contributed by atoms with Crippen LogP contribution in [-0.4, -0.2) is 59.6 Å². The zero-order valence-corrected chi connectivity index (χ0v) is 13.9. The number of benzene rings is 1. The minimum atomic E-state index is -0.0424. The Morgan fingerprint density at radius 1 is 1.24 bits per heavy atom. The first-order chi connectivity index (χ1) is 12.2. The highest BCUT2D eigenvalue weighted by molar-refractivity contribution is 5.96. The van der Waals surface area contributed by atoms with Crippen LogP contribution in [0.2, 0.25) is 0 Å². The van der Waals surface area contributed by atoms with E-state index in [2.05, 4.69) is 9.55 Å². The number of nitrogen functional groups attached to an aromatic ring is 1. The molecule has 0 spiro atoms. The number of rotatable bonds is 3. The number of aromatic nitrogens is 2. The fourth-order valence-corrected chi connectivity index (χ4v) is 3.70. The second kappa shape index (κ2) is 6.36. The number of nitrogens with zero attached hydrogens (tertiary/aromatic N) is 4. The molecule has 2 fully saturated rings. The first-order valence-electron chi connectivity index (χ1n) is 8.52. The zero-order chi connectivity index (χ0) is 17.4. The molecule has 0 radical (unpaired) electrons. The Balaban J connectivity index is 1.65. The van der Waals surface area contributed by atoms with Crippen molar-refractivity contribution in [1.82, 2.24) is 14.5 Å². The summed E-state index contributed by atoms with van der Waals surface area (Å²) in [6.45, 7) is 2.66. The lowest BCUT2D eigenvalue weighted by molar-refractivity contribution is -0.125. The molecule has 25 heavy (non-hydrogen) atoms. The smallest absolute Gasteiger partial charge is 0.253 e. The number of nitrogens with two attached hydrogens (primary N) is 1. The van der Waals surface area contributed by atoms with Gasteiger partial charge in [-0.2, -0.15) is 0 Å². The van der Waals surface area contributed by atoms with E-state index < -0.39 is 0 Å². The van der Waals surface area contributed by atoms with Crippen LogP contribution in [0.3, 0.4) is 0 Å². The van der Waals surface area contributed by atoms with E-state index in [0.717, 1.165) is 49.1 Å². The third-order valence-corrected chi connectivity index (χ3v) is 5.01. The lowest BCUT2D eigenvalue weighted by atomic mass is 10.0. The summed E-state index contributed by atoms with van der Waals surface area (Å²) in [5.41, 5.74) is 8.74. The summed E-state index contributed by atoms with van der Waals surface area (Å²) >= 11 is 0. The van der Waals surface area contributed by atoms with Gasteiger partial charge in [0.25, 0.3) is 5.91 Å². The number of morpholine rings is 1. The summed E-state index contributed by atoms with van der Waals surface area (Å²) in [6, 6.07) is 6.05. The molecule has 2 amide bonds. The molecule has 0 bridgehead atoms. The third-order valence-electron chi connectivity index (χ3n) is 5.01. The molecule has 2 aromatic rings. The molecule has 1 aromatic carbocycles. The molecule has 2 saturated heterocycles. The van der Waals surface area contributed by atoms with Gasteiger partial charge in [0.1, 0.15) is 6.61 Å². The summed E-state index contributed by atoms with van der Waals surface area (Å²) in [5.74, 6) is 0.434. The van der Waals surface area contributed by atoms with Crippen LogP contribution in [0.5, 0.6) is 0 Å². The third kappa shape index (κ3) is 2.82. The fraction of sp³-hybridized carbons (Fsp3) is 0.471. The molecule has 0 unspecified atom stereocenters. The predicted octanol–water partition coefficient (Wildman–Crippen LogP) is 0.775. The van der Waals surface area contributed by atoms with Crippen molar-refractivity contribution in [3.63, 3.8) is 0 Å². The molecule has 0 aliphatic carbocycles. The Morgan fingerprint density at radius 3 is 2.76 bits per heavy atom. The highest BCUT2D eigenvalue weighted by Gasteiger charge is 2.25. The van der Waals surface area contributed by atoms with Gasteiger partial charge in [0.2, 0.25) is 12.4 Å². The van der Waals surface area contributed by atoms with E-state index in [-0.39, 0.29) is 18.6 Å². The zero-order valence-electron chi connectivity index (χ0n) is 13.9. The van der Waals surface area contributed by atoms with E-state index in [1.54, 1.807) is 9.80 Å². The lowest BCUT2D eigenvalue weighted by Gasteiger charge is -2.31. The molecular weight excluding hydrogens is 322 g/mol. The number of carbonyl (C=O) groups excluding carboxylic acids is 2. The Morgan fingerprint density at radius 2 is 2.04 bits per heavy atom. The Hall–Kier alpha value is -2.61. The van der Waals surface area contributed by atoms with Crippen LogP contribution in [0.15, 0.2) is 18.2 Å². The first kappa shape index (κ1) is 15.9. The van der Waals surface area contributed by atoms with E-state index in [1.807, 2.05) is 18.2 Å². The SMILES string of the molecule is Nc1nc2cc(N3CCOCC3=O)ccc2n1C1CCN(C=O)CC1. The van der Waals surface area contributed by atoms with Crippen LogP contribution >= 0.6 is 0 Å². The quantitative estimate of drug-likeness (QED) is 0.831. The van der Waals surface area contributed by atoms with E-state index in [9.17, 15) is 9.59 Å². The normalized spacial score (nSPS) is 19.6. The molecule has 0 saturated carbocycles. The Labute approximate surface area is 145 Å². The van der Waals surface area contributed by atoms with Crippen molar-refractivity contribution in [3.8, 4) is 0 Å². The van der Waals surface area contributed by atoms with Gasteiger partial charge in [-0.05, 0) is 31.0 Å². The second-order valence-corrected chi connectivity index (χ2v) is 6.48. The van der Waals surface area contributed by atoms with Crippen molar-refractivity contribution in [2.75, 3.05) is 43.5 Å². The van der Waals surface area contributed by atoms with E-state index >= 15 is 0 Å². The maximum Gasteiger partial charge on any atom is 0.253 e. The first-order valence-corrected chi connectivity index (χ1v) is 8.52. The number of anilines is 2. The molecule has 1 aromatic heterocycles. The van der Waals surface area contributed by atoms with Gasteiger partial charge in [0.15, 0.2) is 0 Å². The van der Waals surface area contributed by atoms with Crippen molar-refractivity contribution in [3.05, 3.63) is 18.2 Å². The maximum atomic E-state index is 12.0. The summed E-state index contributed by atoms with van der Waals surface area (Å²) < 4.78 is 7.24. The molecule has 3 heterocycles. The van der Waals surface area contributed by atoms with E-state index in [1.165, 1.54) is 0 Å². The molecule has 2 aliphatic heterocycles. The van der Waals surface area contributed by atoms with Crippen LogP contribution in [0, 0.1) is 0 Å². The number of ether oxygens (including phenoxy) is 1. The van der Waals surface area contributed by atoms with Gasteiger partial charge >= 0.3 is 0 Å². The van der Waals surface area contributed by atoms with Crippen molar-refractivity contribution < 1.29 is 14.3 Å². The van der Waals surface area contributed by atoms with Crippen LogP contribution < -0.4 is 10.6 Å². The van der Waals surface area contributed by atoms with Crippen molar-refractivity contribution >= 4 is 35.0 Å². The molecule has 0 atom stereocenters. The number of hydrogen-bond donors (Lipinski definition) is 1. The van der Waals surface area contributed by atoms with Crippen molar-refractivity contribution in [2.45, 2.75) is 18.9 Å². The van der Waals surface area contributed by atoms with Crippen LogP contribution in [0.1, 0.15) is 18.9 Å². The second-order valence-electron chi connectivity index (χ2n) is 6.48. The monoisotopic (exact) mass is 343 g/mol. The van der Waals surface area contributed by atoms with E-state index in [4.69, 9.17) is 10.5 Å². The average Bonchev–Trinajstić information content (AvgIpc) is 2.97. The van der Waals surface area contributed by atoms with Gasteiger partial charge in [-0.1, -0.05) is 0 Å². The van der Waals surface area contributed by atoms with Crippen molar-refractivity contribution in [1.29, 1.82) is 0 Å². The van der Waals surface area contributed by atoms with Gasteiger partial charge < -0.3 is 24.8 Å². The minimum Gasteiger partial charge on any atom is -0.370 e. The maximum absolute atomic E-state index is 12.0. The summed E-state index contributed by atoms with van der Waals surface area (Å²) in [5, 5.41) is 0. The van der Waals surface area contributed by atoms with Gasteiger partial charge in [-0.15, -0.1) is 0 Å². The number of imidazole rings is 1. The summed E-state index contributed by atoms with van der Waals surface area (Å²) in [6.07, 6.45) is 2.62. The number of hydrogen-bond acceptors (Lipinski definition) is 5. The van der Waals surface area contributed by atoms with Crippen LogP contribution in [0.25, 0.3) is 11.0 Å². The number of piperidine rings is 1. The number of carbonyl (C=O) groups is 2. The molecule has 8 heteroatoms. The summed E-state index contributed by atoms with van der Waals surface area (Å²) in [4.78, 5) is 30.9. The van der Waals surface area contributed by atoms with E-state index in [0.29, 0.717) is 19.1 Å². The van der Waals surface area contributed by atoms with Gasteiger partial charge in [-0.25, -0.2) is 4.98 Å². The van der Waals surface area contributed by atoms with Crippen molar-refractivity contribution in [2.24, 2.45) is 0 Å². The fourth-order valence-electron chi connectivity index (χ4n) is 3.70. The topological polar surface area (TPSA) is 93.7 Å². The average molecular weight is 343 g/mol. The van der Waals surface area contributed by atoms with Gasteiger partial charge in [-0.3, -0.25) is 9.59 Å². The highest BCUT2D eigenvalue weighted by atomic mass is 16.5. The molecule has 4 rings (SSSR count). The molecular formula is C17H21N5O3. The highest BCUT2D eigenvalue weighted by Crippen LogP contribution is 2.31. The molecule has 2 N–H and O–H groups in total. The standard InChI is InChI=1S/C17H21N5O3/c18-17-19-14-9-13(21-7-8-25-10-16(21)24)1-2-15(14)22(17)12-3-5-20(11-23)6-4-12/h1-2,9,11-12H,3-8,10H2,(H2,18,19). The minimum absolute atomic E-state index is 0.0424. The molecule has 2 aliphatic rings. The molecule has 8 nitrogen and oxygen atoms in total. The molecule has 132 valence electrons. The van der Waals surface area contributed by atoms with Gasteiger partial charge in [0, 0.05) is 31.4 Å². The number of amides is 2. The summed E-state index contributed by atoms with van der Waals surface area (Å²) in [7, 11) is 0. The lowest BCUT2D eigenvalue weighted by Crippen LogP contribution is -2.41.